The molecular weight excluding hydrogens is 168 g/mol. The molecule has 0 amide bonds. The predicted molar refractivity (Wildman–Crippen MR) is 47.6 cm³/mol. The highest BCUT2D eigenvalue weighted by Gasteiger charge is 2.05. The summed E-state index contributed by atoms with van der Waals surface area (Å²) in [6.45, 7) is 0.0352. The first kappa shape index (κ1) is 8.07. The van der Waals surface area contributed by atoms with E-state index in [0.29, 0.717) is 12.2 Å². The average molecular weight is 178 g/mol. The average Bonchev–Trinajstić information content (AvgIpc) is 2.51. The van der Waals surface area contributed by atoms with Gasteiger partial charge in [-0.2, -0.15) is 0 Å². The molecule has 4 heteroatoms. The van der Waals surface area contributed by atoms with Crippen LogP contribution in [0.1, 0.15) is 5.82 Å². The number of hydrogen-bond acceptors (Lipinski definition) is 3. The number of aliphatic hydroxyl groups is 1. The van der Waals surface area contributed by atoms with Gasteiger partial charge in [-0.25, -0.2) is 4.98 Å². The van der Waals surface area contributed by atoms with Crippen molar-refractivity contribution < 1.29 is 10.2 Å². The molecule has 4 nitrogen and oxygen atoms in total. The fourth-order valence-electron chi connectivity index (χ4n) is 1.37. The van der Waals surface area contributed by atoms with Gasteiger partial charge in [-0.3, -0.25) is 4.40 Å². The molecule has 2 rings (SSSR count). The number of pyridine rings is 1. The normalized spacial score (nSPS) is 10.8. The van der Waals surface area contributed by atoms with E-state index in [1.54, 1.807) is 22.7 Å². The lowest BCUT2D eigenvalue weighted by molar-refractivity contribution is 0.295. The van der Waals surface area contributed by atoms with E-state index in [1.807, 2.05) is 6.07 Å². The topological polar surface area (TPSA) is 57.8 Å². The summed E-state index contributed by atoms with van der Waals surface area (Å²) in [6.07, 6.45) is 2.12. The first-order valence-electron chi connectivity index (χ1n) is 4.08. The van der Waals surface area contributed by atoms with Crippen molar-refractivity contribution >= 4 is 5.52 Å². The summed E-state index contributed by atoms with van der Waals surface area (Å²) < 4.78 is 1.62. The lowest BCUT2D eigenvalue weighted by Gasteiger charge is -2.01. The Bertz CT molecular complexity index is 422. The van der Waals surface area contributed by atoms with Crippen LogP contribution in [0, 0.1) is 0 Å². The molecule has 0 unspecified atom stereocenters. The Morgan fingerprint density at radius 2 is 2.23 bits per heavy atom. The van der Waals surface area contributed by atoms with Crippen LogP contribution in [-0.4, -0.2) is 26.2 Å². The Morgan fingerprint density at radius 3 is 3.00 bits per heavy atom. The number of nitrogens with zero attached hydrogens (tertiary/aromatic N) is 2. The molecule has 0 spiro atoms. The zero-order valence-corrected chi connectivity index (χ0v) is 7.01. The van der Waals surface area contributed by atoms with Crippen molar-refractivity contribution in [2.75, 3.05) is 6.61 Å². The smallest absolute Gasteiger partial charge is 0.197 e. The van der Waals surface area contributed by atoms with Crippen molar-refractivity contribution in [2.24, 2.45) is 0 Å². The monoisotopic (exact) mass is 178 g/mol. The highest BCUT2D eigenvalue weighted by atomic mass is 16.3. The van der Waals surface area contributed by atoms with Crippen LogP contribution in [0.2, 0.25) is 0 Å². The molecule has 2 aromatic rings. The molecule has 2 N–H and O–H groups in total. The van der Waals surface area contributed by atoms with E-state index in [9.17, 15) is 5.11 Å². The van der Waals surface area contributed by atoms with Crippen LogP contribution in [0.15, 0.2) is 24.4 Å². The van der Waals surface area contributed by atoms with Crippen LogP contribution >= 0.6 is 0 Å². The molecule has 0 atom stereocenters. The van der Waals surface area contributed by atoms with Gasteiger partial charge in [0, 0.05) is 6.42 Å². The van der Waals surface area contributed by atoms with E-state index in [-0.39, 0.29) is 12.5 Å². The maximum absolute atomic E-state index is 9.51. The highest BCUT2D eigenvalue weighted by Crippen LogP contribution is 2.15. The molecule has 13 heavy (non-hydrogen) atoms. The first-order valence-corrected chi connectivity index (χ1v) is 4.08. The summed E-state index contributed by atoms with van der Waals surface area (Å²) in [4.78, 5) is 4.09. The largest absolute Gasteiger partial charge is 0.494 e. The van der Waals surface area contributed by atoms with Crippen molar-refractivity contribution in [3.05, 3.63) is 30.2 Å². The van der Waals surface area contributed by atoms with E-state index >= 15 is 0 Å². The van der Waals surface area contributed by atoms with E-state index in [0.717, 1.165) is 5.52 Å². The summed E-state index contributed by atoms with van der Waals surface area (Å²) in [5.41, 5.74) is 0.837. The van der Waals surface area contributed by atoms with Crippen LogP contribution in [0.4, 0.5) is 0 Å². The van der Waals surface area contributed by atoms with E-state index < -0.39 is 0 Å². The summed E-state index contributed by atoms with van der Waals surface area (Å²) in [7, 11) is 0. The fourth-order valence-corrected chi connectivity index (χ4v) is 1.37. The molecule has 0 bridgehead atoms. The SMILES string of the molecule is OCCc1ncc2cccc(O)n12. The van der Waals surface area contributed by atoms with Gasteiger partial charge in [0.15, 0.2) is 5.88 Å². The number of fused-ring (bicyclic) bond motifs is 1. The Labute approximate surface area is 75.1 Å². The molecule has 0 radical (unpaired) electrons. The van der Waals surface area contributed by atoms with Crippen LogP contribution in [0.3, 0.4) is 0 Å². The summed E-state index contributed by atoms with van der Waals surface area (Å²) in [5.74, 6) is 0.828. The molecule has 0 fully saturated rings. The molecule has 68 valence electrons. The van der Waals surface area contributed by atoms with Crippen molar-refractivity contribution in [1.29, 1.82) is 0 Å². The zero-order valence-electron chi connectivity index (χ0n) is 7.01. The summed E-state index contributed by atoms with van der Waals surface area (Å²) in [5, 5.41) is 18.3. The minimum Gasteiger partial charge on any atom is -0.494 e. The summed E-state index contributed by atoms with van der Waals surface area (Å²) >= 11 is 0. The zero-order chi connectivity index (χ0) is 9.26. The van der Waals surface area contributed by atoms with Gasteiger partial charge in [-0.15, -0.1) is 0 Å². The van der Waals surface area contributed by atoms with E-state index in [2.05, 4.69) is 4.98 Å². The number of aromatic hydroxyl groups is 1. The number of hydrogen-bond donors (Lipinski definition) is 2. The molecular formula is C9H10N2O2. The molecule has 0 aliphatic carbocycles. The third-order valence-corrected chi connectivity index (χ3v) is 1.94. The second-order valence-corrected chi connectivity index (χ2v) is 2.79. The van der Waals surface area contributed by atoms with Crippen molar-refractivity contribution in [1.82, 2.24) is 9.38 Å². The Hall–Kier alpha value is -1.55. The maximum atomic E-state index is 9.51. The number of rotatable bonds is 2. The van der Waals surface area contributed by atoms with Crippen molar-refractivity contribution in [2.45, 2.75) is 6.42 Å². The third kappa shape index (κ3) is 1.25. The first-order chi connectivity index (χ1) is 6.33. The lowest BCUT2D eigenvalue weighted by Crippen LogP contribution is -1.98. The number of imidazole rings is 1. The standard InChI is InChI=1S/C9H10N2O2/c12-5-4-8-10-6-7-2-1-3-9(13)11(7)8/h1-3,6,12-13H,4-5H2. The highest BCUT2D eigenvalue weighted by molar-refractivity contribution is 5.48. The van der Waals surface area contributed by atoms with Gasteiger partial charge in [0.05, 0.1) is 18.3 Å². The van der Waals surface area contributed by atoms with Gasteiger partial charge in [0.2, 0.25) is 0 Å². The fraction of sp³-hybridized carbons (Fsp3) is 0.222. The predicted octanol–water partition coefficient (Wildman–Crippen LogP) is 0.575. The Morgan fingerprint density at radius 1 is 1.38 bits per heavy atom. The van der Waals surface area contributed by atoms with Crippen molar-refractivity contribution in [3.8, 4) is 5.88 Å². The quantitative estimate of drug-likeness (QED) is 0.707. The summed E-state index contributed by atoms with van der Waals surface area (Å²) in [6, 6.07) is 5.21. The van der Waals surface area contributed by atoms with Gasteiger partial charge in [0.1, 0.15) is 5.82 Å². The van der Waals surface area contributed by atoms with Crippen LogP contribution in [0.5, 0.6) is 5.88 Å². The maximum Gasteiger partial charge on any atom is 0.197 e. The van der Waals surface area contributed by atoms with Gasteiger partial charge in [-0.1, -0.05) is 6.07 Å². The van der Waals surface area contributed by atoms with E-state index in [4.69, 9.17) is 5.11 Å². The second-order valence-electron chi connectivity index (χ2n) is 2.79. The molecule has 0 aliphatic heterocycles. The van der Waals surface area contributed by atoms with Crippen LogP contribution in [-0.2, 0) is 6.42 Å². The molecule has 2 heterocycles. The van der Waals surface area contributed by atoms with Crippen LogP contribution < -0.4 is 0 Å². The minimum absolute atomic E-state index is 0.0352. The molecule has 0 saturated heterocycles. The lowest BCUT2D eigenvalue weighted by atomic mass is 10.4. The van der Waals surface area contributed by atoms with Crippen LogP contribution in [0.25, 0.3) is 5.52 Å². The van der Waals surface area contributed by atoms with Gasteiger partial charge in [0.25, 0.3) is 0 Å². The second kappa shape index (κ2) is 3.06. The Kier molecular flexibility index (Phi) is 1.90. The number of aliphatic hydroxyl groups excluding tert-OH is 1. The van der Waals surface area contributed by atoms with Gasteiger partial charge >= 0.3 is 0 Å². The molecule has 0 saturated carbocycles. The van der Waals surface area contributed by atoms with Gasteiger partial charge < -0.3 is 10.2 Å². The molecule has 2 aromatic heterocycles. The third-order valence-electron chi connectivity index (χ3n) is 1.94. The van der Waals surface area contributed by atoms with Crippen molar-refractivity contribution in [3.63, 3.8) is 0 Å². The number of aromatic nitrogens is 2. The van der Waals surface area contributed by atoms with E-state index in [1.165, 1.54) is 0 Å². The minimum atomic E-state index is 0.0352. The molecule has 0 aromatic carbocycles. The molecule has 0 aliphatic rings. The Balaban J connectivity index is 2.64. The van der Waals surface area contributed by atoms with Gasteiger partial charge in [-0.05, 0) is 12.1 Å².